The van der Waals surface area contributed by atoms with Gasteiger partial charge >= 0.3 is 0 Å². The highest BCUT2D eigenvalue weighted by Gasteiger charge is 2.16. The van der Waals surface area contributed by atoms with Gasteiger partial charge in [-0.15, -0.1) is 10.2 Å². The van der Waals surface area contributed by atoms with Gasteiger partial charge in [0.2, 0.25) is 5.91 Å². The van der Waals surface area contributed by atoms with Crippen molar-refractivity contribution in [1.82, 2.24) is 14.6 Å². The molecule has 0 spiro atoms. The lowest BCUT2D eigenvalue weighted by Gasteiger charge is -2.05. The second-order valence-electron chi connectivity index (χ2n) is 6.00. The summed E-state index contributed by atoms with van der Waals surface area (Å²) in [5.74, 6) is -1.92. The lowest BCUT2D eigenvalue weighted by molar-refractivity contribution is -0.113. The maximum absolute atomic E-state index is 13.8. The molecule has 1 amide bonds. The molecule has 2 N–H and O–H groups in total. The molecule has 0 atom stereocenters. The zero-order valence-electron chi connectivity index (χ0n) is 16.2. The van der Waals surface area contributed by atoms with Gasteiger partial charge in [0, 0.05) is 17.8 Å². The largest absolute Gasteiger partial charge is 0.366 e. The van der Waals surface area contributed by atoms with Crippen LogP contribution in [0.3, 0.4) is 0 Å². The molecule has 2 heterocycles. The van der Waals surface area contributed by atoms with Crippen LogP contribution in [0.4, 0.5) is 8.78 Å². The van der Waals surface area contributed by atoms with Crippen LogP contribution < -0.4 is 5.73 Å². The predicted molar refractivity (Wildman–Crippen MR) is 106 cm³/mol. The Bertz CT molecular complexity index is 1120. The number of nitrogens with zero attached hydrogens (tertiary/aromatic N) is 3. The number of pyridine rings is 1. The fourth-order valence-electron chi connectivity index (χ4n) is 2.42. The number of benzene rings is 1. The minimum atomic E-state index is -0.885. The Labute approximate surface area is 166 Å². The van der Waals surface area contributed by atoms with E-state index in [0.717, 1.165) is 17.7 Å². The highest BCUT2D eigenvalue weighted by atomic mass is 19.1. The number of rotatable bonds is 4. The molecule has 150 valence electrons. The van der Waals surface area contributed by atoms with Crippen LogP contribution in [0.2, 0.25) is 0 Å². The van der Waals surface area contributed by atoms with Gasteiger partial charge in [-0.25, -0.2) is 8.78 Å². The highest BCUT2D eigenvalue weighted by Crippen LogP contribution is 2.18. The SMILES string of the molecule is C/C=C(\C)c1nnc2ccc(C(=O)c3ccc(F)cc3F)cn12.C/C=C/C(N)=O. The van der Waals surface area contributed by atoms with Crippen LogP contribution in [0.15, 0.2) is 54.8 Å². The van der Waals surface area contributed by atoms with Crippen LogP contribution in [0.5, 0.6) is 0 Å². The molecular weight excluding hydrogens is 378 g/mol. The zero-order chi connectivity index (χ0) is 21.6. The van der Waals surface area contributed by atoms with E-state index in [4.69, 9.17) is 0 Å². The summed E-state index contributed by atoms with van der Waals surface area (Å²) in [4.78, 5) is 22.2. The number of amides is 1. The van der Waals surface area contributed by atoms with Gasteiger partial charge in [-0.1, -0.05) is 12.2 Å². The third-order valence-corrected chi connectivity index (χ3v) is 3.96. The normalized spacial score (nSPS) is 11.4. The molecule has 0 unspecified atom stereocenters. The van der Waals surface area contributed by atoms with Gasteiger partial charge in [-0.3, -0.25) is 14.0 Å². The van der Waals surface area contributed by atoms with Crippen molar-refractivity contribution >= 4 is 22.9 Å². The molecule has 0 saturated heterocycles. The number of carbonyl (C=O) groups excluding carboxylic acids is 2. The van der Waals surface area contributed by atoms with Gasteiger partial charge < -0.3 is 5.73 Å². The summed E-state index contributed by atoms with van der Waals surface area (Å²) in [6.07, 6.45) is 6.34. The van der Waals surface area contributed by atoms with Crippen molar-refractivity contribution in [1.29, 1.82) is 0 Å². The molecule has 6 nitrogen and oxygen atoms in total. The van der Waals surface area contributed by atoms with E-state index in [0.29, 0.717) is 17.5 Å². The Hall–Kier alpha value is -3.68. The number of nitrogens with two attached hydrogens (primary N) is 1. The first-order valence-electron chi connectivity index (χ1n) is 8.68. The molecule has 0 saturated carbocycles. The van der Waals surface area contributed by atoms with Crippen molar-refractivity contribution in [3.63, 3.8) is 0 Å². The Morgan fingerprint density at radius 1 is 1.10 bits per heavy atom. The number of hydrogen-bond acceptors (Lipinski definition) is 4. The van der Waals surface area contributed by atoms with Crippen molar-refractivity contribution in [2.75, 3.05) is 0 Å². The predicted octanol–water partition coefficient (Wildman–Crippen LogP) is 3.71. The van der Waals surface area contributed by atoms with Crippen molar-refractivity contribution in [3.05, 3.63) is 83.3 Å². The minimum Gasteiger partial charge on any atom is -0.366 e. The number of ketones is 1. The van der Waals surface area contributed by atoms with Gasteiger partial charge in [-0.2, -0.15) is 0 Å². The summed E-state index contributed by atoms with van der Waals surface area (Å²) >= 11 is 0. The van der Waals surface area contributed by atoms with E-state index < -0.39 is 23.3 Å². The molecular formula is C21H20F2N4O2. The number of hydrogen-bond donors (Lipinski definition) is 1. The summed E-state index contributed by atoms with van der Waals surface area (Å²) in [7, 11) is 0. The second-order valence-corrected chi connectivity index (χ2v) is 6.00. The zero-order valence-corrected chi connectivity index (χ0v) is 16.2. The standard InChI is InChI=1S/C17H13F2N3O.C4H7NO/c1-3-10(2)17-21-20-15-7-4-11(9-22(15)17)16(23)13-6-5-12(18)8-14(13)19;1-2-3-4(5)6/h3-9H,1-2H3;2-3H,1H3,(H2,5,6)/b10-3+;3-2+. The molecule has 3 aromatic rings. The Morgan fingerprint density at radius 3 is 2.38 bits per heavy atom. The van der Waals surface area contributed by atoms with Gasteiger partial charge in [0.1, 0.15) is 11.6 Å². The molecule has 0 aliphatic heterocycles. The van der Waals surface area contributed by atoms with Crippen LogP contribution in [0.1, 0.15) is 42.5 Å². The average molecular weight is 398 g/mol. The molecule has 29 heavy (non-hydrogen) atoms. The number of fused-ring (bicyclic) bond motifs is 1. The van der Waals surface area contributed by atoms with E-state index in [1.54, 1.807) is 35.7 Å². The number of halogens is 2. The van der Waals surface area contributed by atoms with Crippen LogP contribution in [-0.2, 0) is 4.79 Å². The minimum absolute atomic E-state index is 0.178. The van der Waals surface area contributed by atoms with Crippen LogP contribution in [0, 0.1) is 11.6 Å². The molecule has 0 bridgehead atoms. The molecule has 3 rings (SSSR count). The Kier molecular flexibility index (Phi) is 7.08. The quantitative estimate of drug-likeness (QED) is 0.536. The maximum Gasteiger partial charge on any atom is 0.241 e. The number of carbonyl (C=O) groups is 2. The first-order valence-corrected chi connectivity index (χ1v) is 8.68. The van der Waals surface area contributed by atoms with E-state index >= 15 is 0 Å². The smallest absolute Gasteiger partial charge is 0.241 e. The highest BCUT2D eigenvalue weighted by molar-refractivity contribution is 6.09. The third kappa shape index (κ3) is 5.19. The molecule has 0 fully saturated rings. The molecule has 0 aliphatic carbocycles. The van der Waals surface area contributed by atoms with Crippen LogP contribution in [0.25, 0.3) is 11.2 Å². The van der Waals surface area contributed by atoms with Gasteiger partial charge in [-0.05, 0) is 56.7 Å². The van der Waals surface area contributed by atoms with E-state index in [1.807, 2.05) is 19.9 Å². The average Bonchev–Trinajstić information content (AvgIpc) is 3.10. The van der Waals surface area contributed by atoms with Crippen molar-refractivity contribution in [3.8, 4) is 0 Å². The Morgan fingerprint density at radius 2 is 1.83 bits per heavy atom. The van der Waals surface area contributed by atoms with E-state index in [-0.39, 0.29) is 11.1 Å². The summed E-state index contributed by atoms with van der Waals surface area (Å²) in [5, 5.41) is 8.11. The Balaban J connectivity index is 0.000000438. The van der Waals surface area contributed by atoms with Crippen molar-refractivity contribution in [2.24, 2.45) is 5.73 Å². The first kappa shape index (κ1) is 21.6. The fraction of sp³-hybridized carbons (Fsp3) is 0.143. The lowest BCUT2D eigenvalue weighted by Crippen LogP contribution is -2.06. The van der Waals surface area contributed by atoms with E-state index in [9.17, 15) is 18.4 Å². The second kappa shape index (κ2) is 9.50. The third-order valence-electron chi connectivity index (χ3n) is 3.96. The number of primary amides is 1. The van der Waals surface area contributed by atoms with Crippen molar-refractivity contribution < 1.29 is 18.4 Å². The number of aromatic nitrogens is 3. The van der Waals surface area contributed by atoms with Crippen molar-refractivity contribution in [2.45, 2.75) is 20.8 Å². The molecule has 0 radical (unpaired) electrons. The summed E-state index contributed by atoms with van der Waals surface area (Å²) < 4.78 is 28.5. The molecule has 8 heteroatoms. The monoisotopic (exact) mass is 398 g/mol. The summed E-state index contributed by atoms with van der Waals surface area (Å²) in [6, 6.07) is 6.07. The van der Waals surface area contributed by atoms with Gasteiger partial charge in [0.05, 0.1) is 5.56 Å². The van der Waals surface area contributed by atoms with E-state index in [1.165, 1.54) is 6.08 Å². The fourth-order valence-corrected chi connectivity index (χ4v) is 2.42. The first-order chi connectivity index (χ1) is 13.8. The van der Waals surface area contributed by atoms with E-state index in [2.05, 4.69) is 15.9 Å². The maximum atomic E-state index is 13.8. The van der Waals surface area contributed by atoms with Crippen LogP contribution in [-0.4, -0.2) is 26.3 Å². The topological polar surface area (TPSA) is 90.3 Å². The molecule has 2 aromatic heterocycles. The van der Waals surface area contributed by atoms with Crippen LogP contribution >= 0.6 is 0 Å². The molecule has 1 aromatic carbocycles. The summed E-state index contributed by atoms with van der Waals surface area (Å²) in [6.45, 7) is 5.49. The summed E-state index contributed by atoms with van der Waals surface area (Å²) in [5.41, 5.74) is 6.25. The molecule has 0 aliphatic rings. The number of allylic oxidation sites excluding steroid dienone is 3. The van der Waals surface area contributed by atoms with Gasteiger partial charge in [0.15, 0.2) is 17.3 Å². The van der Waals surface area contributed by atoms with Gasteiger partial charge in [0.25, 0.3) is 0 Å². The lowest BCUT2D eigenvalue weighted by atomic mass is 10.0.